The van der Waals surface area contributed by atoms with Gasteiger partial charge in [-0.1, -0.05) is 18.6 Å². The maximum atomic E-state index is 12.6. The van der Waals surface area contributed by atoms with Gasteiger partial charge in [0.15, 0.2) is 0 Å². The van der Waals surface area contributed by atoms with Crippen molar-refractivity contribution < 1.29 is 14.3 Å². The highest BCUT2D eigenvalue weighted by Crippen LogP contribution is 2.29. The summed E-state index contributed by atoms with van der Waals surface area (Å²) in [6.07, 6.45) is 3.46. The third-order valence-electron chi connectivity index (χ3n) is 4.90. The van der Waals surface area contributed by atoms with Gasteiger partial charge in [-0.25, -0.2) is 4.79 Å². The number of ether oxygens (including phenoxy) is 1. The van der Waals surface area contributed by atoms with Crippen molar-refractivity contribution in [2.45, 2.75) is 39.2 Å². The molecule has 0 saturated carbocycles. The molecule has 1 amide bonds. The van der Waals surface area contributed by atoms with Crippen molar-refractivity contribution in [1.29, 1.82) is 0 Å². The van der Waals surface area contributed by atoms with Crippen molar-refractivity contribution in [2.24, 2.45) is 0 Å². The van der Waals surface area contributed by atoms with Crippen LogP contribution in [0.4, 0.5) is 5.69 Å². The molecule has 1 aromatic heterocycles. The fraction of sp³-hybridized carbons (Fsp3) is 0.474. The Balaban J connectivity index is 1.86. The molecule has 0 spiro atoms. The summed E-state index contributed by atoms with van der Waals surface area (Å²) in [5, 5.41) is 3.73. The lowest BCUT2D eigenvalue weighted by atomic mass is 10.0. The topological polar surface area (TPSA) is 74.4 Å². The van der Waals surface area contributed by atoms with E-state index in [1.807, 2.05) is 25.1 Å². The first kappa shape index (κ1) is 17.5. The number of hydrogen-bond donors (Lipinski definition) is 2. The average molecular weight is 343 g/mol. The SMILES string of the molecule is COC(=O)c1[nH]c2cc(C)ccc2c1NC(=O)CN1CCCC[C@@H]1C. The number of hydrogen-bond acceptors (Lipinski definition) is 4. The van der Waals surface area contributed by atoms with Gasteiger partial charge in [-0.05, 0) is 44.9 Å². The summed E-state index contributed by atoms with van der Waals surface area (Å²) in [7, 11) is 1.33. The molecule has 0 aliphatic carbocycles. The maximum absolute atomic E-state index is 12.6. The van der Waals surface area contributed by atoms with Gasteiger partial charge < -0.3 is 15.0 Å². The molecule has 6 heteroatoms. The third-order valence-corrected chi connectivity index (χ3v) is 4.90. The van der Waals surface area contributed by atoms with Crippen LogP contribution in [-0.4, -0.2) is 48.0 Å². The molecule has 2 heterocycles. The Morgan fingerprint density at radius 3 is 2.88 bits per heavy atom. The van der Waals surface area contributed by atoms with Crippen LogP contribution in [-0.2, 0) is 9.53 Å². The van der Waals surface area contributed by atoms with Gasteiger partial charge in [-0.15, -0.1) is 0 Å². The number of carbonyl (C=O) groups excluding carboxylic acids is 2. The smallest absolute Gasteiger partial charge is 0.356 e. The van der Waals surface area contributed by atoms with Crippen LogP contribution in [0, 0.1) is 6.92 Å². The van der Waals surface area contributed by atoms with Crippen LogP contribution in [0.15, 0.2) is 18.2 Å². The third kappa shape index (κ3) is 3.69. The van der Waals surface area contributed by atoms with Crippen LogP contribution in [0.5, 0.6) is 0 Å². The highest BCUT2D eigenvalue weighted by Gasteiger charge is 2.24. The number of nitrogens with one attached hydrogen (secondary N) is 2. The van der Waals surface area contributed by atoms with Crippen LogP contribution in [0.2, 0.25) is 0 Å². The fourth-order valence-electron chi connectivity index (χ4n) is 3.45. The number of aromatic amines is 1. The van der Waals surface area contributed by atoms with Gasteiger partial charge in [0, 0.05) is 16.9 Å². The highest BCUT2D eigenvalue weighted by atomic mass is 16.5. The zero-order valence-corrected chi connectivity index (χ0v) is 15.0. The van der Waals surface area contributed by atoms with E-state index in [2.05, 4.69) is 22.1 Å². The number of amides is 1. The van der Waals surface area contributed by atoms with Crippen LogP contribution in [0.1, 0.15) is 42.2 Å². The lowest BCUT2D eigenvalue weighted by Crippen LogP contribution is -2.42. The molecule has 6 nitrogen and oxygen atoms in total. The zero-order chi connectivity index (χ0) is 18.0. The number of carbonyl (C=O) groups is 2. The van der Waals surface area contributed by atoms with Crippen molar-refractivity contribution in [2.75, 3.05) is 25.5 Å². The van der Waals surface area contributed by atoms with Crippen LogP contribution < -0.4 is 5.32 Å². The van der Waals surface area contributed by atoms with E-state index in [1.165, 1.54) is 13.5 Å². The van der Waals surface area contributed by atoms with Gasteiger partial charge in [-0.3, -0.25) is 9.69 Å². The first-order valence-electron chi connectivity index (χ1n) is 8.74. The van der Waals surface area contributed by atoms with E-state index >= 15 is 0 Å². The van der Waals surface area contributed by atoms with Crippen LogP contribution >= 0.6 is 0 Å². The largest absolute Gasteiger partial charge is 0.464 e. The fourth-order valence-corrected chi connectivity index (χ4v) is 3.45. The number of likely N-dealkylation sites (tertiary alicyclic amines) is 1. The van der Waals surface area contributed by atoms with Gasteiger partial charge in [0.25, 0.3) is 0 Å². The predicted molar refractivity (Wildman–Crippen MR) is 97.9 cm³/mol. The van der Waals surface area contributed by atoms with Gasteiger partial charge in [0.2, 0.25) is 5.91 Å². The second kappa shape index (κ2) is 7.27. The molecule has 134 valence electrons. The molecule has 25 heavy (non-hydrogen) atoms. The van der Waals surface area contributed by atoms with Crippen molar-refractivity contribution in [3.63, 3.8) is 0 Å². The molecule has 1 atom stereocenters. The number of fused-ring (bicyclic) bond motifs is 1. The maximum Gasteiger partial charge on any atom is 0.356 e. The molecule has 1 aliphatic rings. The predicted octanol–water partition coefficient (Wildman–Crippen LogP) is 3.08. The first-order valence-corrected chi connectivity index (χ1v) is 8.74. The van der Waals surface area contributed by atoms with Crippen molar-refractivity contribution in [3.8, 4) is 0 Å². The summed E-state index contributed by atoms with van der Waals surface area (Å²) >= 11 is 0. The van der Waals surface area contributed by atoms with E-state index in [0.29, 0.717) is 18.3 Å². The van der Waals surface area contributed by atoms with Gasteiger partial charge in [-0.2, -0.15) is 0 Å². The Morgan fingerprint density at radius 1 is 1.36 bits per heavy atom. The molecule has 2 aromatic rings. The minimum atomic E-state index is -0.490. The number of aromatic nitrogens is 1. The average Bonchev–Trinajstić information content (AvgIpc) is 2.93. The van der Waals surface area contributed by atoms with E-state index in [9.17, 15) is 9.59 Å². The van der Waals surface area contributed by atoms with Crippen LogP contribution in [0.25, 0.3) is 10.9 Å². The lowest BCUT2D eigenvalue weighted by Gasteiger charge is -2.32. The highest BCUT2D eigenvalue weighted by molar-refractivity contribution is 6.11. The number of piperidine rings is 1. The molecule has 1 aliphatic heterocycles. The number of benzene rings is 1. The number of esters is 1. The summed E-state index contributed by atoms with van der Waals surface area (Å²) < 4.78 is 4.85. The van der Waals surface area contributed by atoms with E-state index in [1.54, 1.807) is 0 Å². The number of methoxy groups -OCH3 is 1. The van der Waals surface area contributed by atoms with Gasteiger partial charge >= 0.3 is 5.97 Å². The summed E-state index contributed by atoms with van der Waals surface area (Å²) in [6.45, 7) is 5.40. The molecule has 0 unspecified atom stereocenters. The molecule has 0 radical (unpaired) electrons. The number of aryl methyl sites for hydroxylation is 1. The van der Waals surface area contributed by atoms with Gasteiger partial charge in [0.1, 0.15) is 5.69 Å². The molecule has 3 rings (SSSR count). The quantitative estimate of drug-likeness (QED) is 0.837. The first-order chi connectivity index (χ1) is 12.0. The minimum absolute atomic E-state index is 0.111. The molecular formula is C19H25N3O3. The summed E-state index contributed by atoms with van der Waals surface area (Å²) in [6, 6.07) is 6.22. The van der Waals surface area contributed by atoms with E-state index < -0.39 is 5.97 Å². The summed E-state index contributed by atoms with van der Waals surface area (Å²) in [5.41, 5.74) is 2.66. The van der Waals surface area contributed by atoms with Crippen molar-refractivity contribution in [3.05, 3.63) is 29.5 Å². The number of H-pyrrole nitrogens is 1. The number of rotatable bonds is 4. The summed E-state index contributed by atoms with van der Waals surface area (Å²) in [4.78, 5) is 29.9. The van der Waals surface area contributed by atoms with E-state index in [4.69, 9.17) is 4.74 Å². The monoisotopic (exact) mass is 343 g/mol. The van der Waals surface area contributed by atoms with E-state index in [-0.39, 0.29) is 11.6 Å². The normalized spacial score (nSPS) is 18.3. The summed E-state index contributed by atoms with van der Waals surface area (Å²) in [5.74, 6) is -0.601. The Morgan fingerprint density at radius 2 is 2.16 bits per heavy atom. The Hall–Kier alpha value is -2.34. The standard InChI is InChI=1S/C19H25N3O3/c1-12-7-8-14-15(10-12)20-18(19(24)25-3)17(14)21-16(23)11-22-9-5-4-6-13(22)2/h7-8,10,13,20H,4-6,9,11H2,1-3H3,(H,21,23)/t13-/m0/s1. The molecule has 1 saturated heterocycles. The molecule has 1 fully saturated rings. The van der Waals surface area contributed by atoms with E-state index in [0.717, 1.165) is 35.9 Å². The zero-order valence-electron chi connectivity index (χ0n) is 15.0. The number of anilines is 1. The molecule has 0 bridgehead atoms. The molecule has 1 aromatic carbocycles. The second-order valence-corrected chi connectivity index (χ2v) is 6.78. The van der Waals surface area contributed by atoms with Crippen molar-refractivity contribution in [1.82, 2.24) is 9.88 Å². The lowest BCUT2D eigenvalue weighted by molar-refractivity contribution is -0.118. The number of nitrogens with zero attached hydrogens (tertiary/aromatic N) is 1. The molecule has 2 N–H and O–H groups in total. The second-order valence-electron chi connectivity index (χ2n) is 6.78. The minimum Gasteiger partial charge on any atom is -0.464 e. The Labute approximate surface area is 147 Å². The Kier molecular flexibility index (Phi) is 5.08. The molecular weight excluding hydrogens is 318 g/mol. The van der Waals surface area contributed by atoms with Crippen molar-refractivity contribution >= 4 is 28.5 Å². The Bertz CT molecular complexity index is 797. The van der Waals surface area contributed by atoms with Crippen LogP contribution in [0.3, 0.4) is 0 Å². The van der Waals surface area contributed by atoms with Gasteiger partial charge in [0.05, 0.1) is 19.3 Å².